The van der Waals surface area contributed by atoms with E-state index in [1.165, 1.54) is 6.08 Å². The van der Waals surface area contributed by atoms with E-state index in [1.807, 2.05) is 6.92 Å². The second kappa shape index (κ2) is 10.00. The summed E-state index contributed by atoms with van der Waals surface area (Å²) in [5.74, 6) is -0.385. The van der Waals surface area contributed by atoms with E-state index in [-0.39, 0.29) is 24.7 Å². The van der Waals surface area contributed by atoms with E-state index in [0.29, 0.717) is 44.7 Å². The molecule has 35 heavy (non-hydrogen) atoms. The number of carbonyl (C=O) groups is 1. The number of hydrogen-bond acceptors (Lipinski definition) is 8. The van der Waals surface area contributed by atoms with Crippen LogP contribution in [-0.2, 0) is 14.3 Å². The largest absolute Gasteiger partial charge is 0.412 e. The van der Waals surface area contributed by atoms with Gasteiger partial charge < -0.3 is 14.8 Å². The Balaban J connectivity index is 1.23. The topological polar surface area (TPSA) is 99.6 Å². The first kappa shape index (κ1) is 24.4. The van der Waals surface area contributed by atoms with Gasteiger partial charge in [0.1, 0.15) is 11.9 Å². The molecule has 1 amide bonds. The van der Waals surface area contributed by atoms with Crippen molar-refractivity contribution in [2.75, 3.05) is 19.8 Å². The smallest absolute Gasteiger partial charge is 0.379 e. The van der Waals surface area contributed by atoms with Gasteiger partial charge in [-0.05, 0) is 38.2 Å². The summed E-state index contributed by atoms with van der Waals surface area (Å²) < 4.78 is 52.2. The van der Waals surface area contributed by atoms with E-state index in [9.17, 15) is 18.0 Å². The molecule has 1 saturated heterocycles. The van der Waals surface area contributed by atoms with Gasteiger partial charge >= 0.3 is 6.18 Å². The van der Waals surface area contributed by atoms with Crippen molar-refractivity contribution in [2.45, 2.75) is 75.9 Å². The Kier molecular flexibility index (Phi) is 6.97. The van der Waals surface area contributed by atoms with Crippen LogP contribution in [0.5, 0.6) is 0 Å². The standard InChI is InChI=1S/C23H31F3N6O3/c1-13-10-17(15-4-2-3-5-16(15)23(24,25)26)31-32-18(11-28-20(13)32)21(33)29-19-6-8-27-22(30-19)35-14-7-9-34-12-14/h5,8,10,14-15,17-19,22,30-31H,2-4,6-7,9,11-12H2,1H3,(H,29,33)/t14-,15?,17?,18?,19?,22?/m1/s1. The van der Waals surface area contributed by atoms with E-state index in [1.54, 1.807) is 17.3 Å². The predicted molar refractivity (Wildman–Crippen MR) is 122 cm³/mol. The van der Waals surface area contributed by atoms with Crippen LogP contribution in [0.25, 0.3) is 0 Å². The molecule has 3 N–H and O–H groups in total. The normalized spacial score (nSPS) is 35.3. The van der Waals surface area contributed by atoms with Crippen LogP contribution in [0.15, 0.2) is 33.3 Å². The average Bonchev–Trinajstić information content (AvgIpc) is 3.49. The van der Waals surface area contributed by atoms with E-state index in [2.05, 4.69) is 26.0 Å². The molecule has 0 spiro atoms. The van der Waals surface area contributed by atoms with Crippen LogP contribution in [-0.4, -0.2) is 79.6 Å². The number of hydrogen-bond donors (Lipinski definition) is 3. The summed E-state index contributed by atoms with van der Waals surface area (Å²) in [5, 5.41) is 7.78. The van der Waals surface area contributed by atoms with Crippen LogP contribution in [0.1, 0.15) is 39.0 Å². The number of fused-ring (bicyclic) bond motifs is 1. The van der Waals surface area contributed by atoms with E-state index < -0.39 is 36.1 Å². The van der Waals surface area contributed by atoms with E-state index in [0.717, 1.165) is 12.0 Å². The molecule has 12 heteroatoms. The van der Waals surface area contributed by atoms with Crippen molar-refractivity contribution in [1.29, 1.82) is 0 Å². The molecular formula is C23H31F3N6O3. The van der Waals surface area contributed by atoms with Crippen LogP contribution in [0.4, 0.5) is 13.2 Å². The highest BCUT2D eigenvalue weighted by Gasteiger charge is 2.45. The maximum Gasteiger partial charge on any atom is 0.412 e. The van der Waals surface area contributed by atoms with Gasteiger partial charge in [-0.25, -0.2) is 5.43 Å². The Morgan fingerprint density at radius 3 is 2.97 bits per heavy atom. The molecule has 0 aromatic carbocycles. The summed E-state index contributed by atoms with van der Waals surface area (Å²) in [6.07, 6.45) is 2.32. The summed E-state index contributed by atoms with van der Waals surface area (Å²) >= 11 is 0. The van der Waals surface area contributed by atoms with Crippen LogP contribution in [0.2, 0.25) is 0 Å². The SMILES string of the molecule is CC1=CC(C2CCCC=C2C(F)(F)F)NN2C1=NCC2C(=O)NC1CC=NC(O[C@@H]2CCOC2)N1. The Morgan fingerprint density at radius 1 is 1.34 bits per heavy atom. The highest BCUT2D eigenvalue weighted by atomic mass is 19.4. The van der Waals surface area contributed by atoms with Gasteiger partial charge in [0, 0.05) is 30.7 Å². The average molecular weight is 497 g/mol. The summed E-state index contributed by atoms with van der Waals surface area (Å²) in [6.45, 7) is 3.23. The second-order valence-electron chi connectivity index (χ2n) is 9.52. The number of hydrazine groups is 1. The maximum absolute atomic E-state index is 13.7. The molecule has 4 heterocycles. The number of carbonyl (C=O) groups excluding carboxylic acids is 1. The third kappa shape index (κ3) is 5.30. The minimum atomic E-state index is -4.37. The van der Waals surface area contributed by atoms with Gasteiger partial charge in [-0.2, -0.15) is 13.2 Å². The van der Waals surface area contributed by atoms with Crippen LogP contribution < -0.4 is 16.1 Å². The molecule has 1 fully saturated rings. The number of aliphatic imine (C=N–C) groups is 2. The van der Waals surface area contributed by atoms with Crippen molar-refractivity contribution >= 4 is 18.0 Å². The zero-order valence-corrected chi connectivity index (χ0v) is 19.6. The van der Waals surface area contributed by atoms with Crippen LogP contribution in [0, 0.1) is 5.92 Å². The molecular weight excluding hydrogens is 465 g/mol. The molecule has 0 aromatic rings. The van der Waals surface area contributed by atoms with E-state index >= 15 is 0 Å². The monoisotopic (exact) mass is 496 g/mol. The summed E-state index contributed by atoms with van der Waals surface area (Å²) in [6, 6.07) is -1.23. The molecule has 0 aromatic heterocycles. The number of halogens is 3. The quantitative estimate of drug-likeness (QED) is 0.502. The molecule has 192 valence electrons. The lowest BCUT2D eigenvalue weighted by molar-refractivity contribution is -0.127. The first-order valence-corrected chi connectivity index (χ1v) is 12.2. The lowest BCUT2D eigenvalue weighted by atomic mass is 9.81. The van der Waals surface area contributed by atoms with Crippen molar-refractivity contribution in [3.8, 4) is 0 Å². The minimum Gasteiger partial charge on any atom is -0.379 e. The van der Waals surface area contributed by atoms with Crippen molar-refractivity contribution in [3.05, 3.63) is 23.3 Å². The number of nitrogens with zero attached hydrogens (tertiary/aromatic N) is 3. The second-order valence-corrected chi connectivity index (χ2v) is 9.52. The van der Waals surface area contributed by atoms with Gasteiger partial charge in [-0.15, -0.1) is 0 Å². The number of amides is 1. The van der Waals surface area contributed by atoms with Crippen molar-refractivity contribution in [3.63, 3.8) is 0 Å². The molecule has 5 aliphatic rings. The van der Waals surface area contributed by atoms with Gasteiger partial charge in [0.2, 0.25) is 12.3 Å². The summed E-state index contributed by atoms with van der Waals surface area (Å²) in [7, 11) is 0. The molecule has 4 aliphatic heterocycles. The number of amidine groups is 1. The number of allylic oxidation sites excluding steroid dienone is 1. The zero-order chi connectivity index (χ0) is 24.6. The van der Waals surface area contributed by atoms with Gasteiger partial charge in [-0.3, -0.25) is 25.1 Å². The molecule has 9 nitrogen and oxygen atoms in total. The van der Waals surface area contributed by atoms with Crippen molar-refractivity contribution in [1.82, 2.24) is 21.1 Å². The maximum atomic E-state index is 13.7. The molecule has 0 radical (unpaired) electrons. The summed E-state index contributed by atoms with van der Waals surface area (Å²) in [4.78, 5) is 22.0. The first-order valence-electron chi connectivity index (χ1n) is 12.2. The lowest BCUT2D eigenvalue weighted by Gasteiger charge is -2.40. The third-order valence-electron chi connectivity index (χ3n) is 7.02. The molecule has 1 aliphatic carbocycles. The Bertz CT molecular complexity index is 943. The van der Waals surface area contributed by atoms with Gasteiger partial charge in [0.15, 0.2) is 0 Å². The molecule has 5 unspecified atom stereocenters. The predicted octanol–water partition coefficient (Wildman–Crippen LogP) is 1.79. The number of nitrogens with one attached hydrogen (secondary N) is 3. The fourth-order valence-corrected chi connectivity index (χ4v) is 5.28. The molecule has 6 atom stereocenters. The molecule has 0 saturated carbocycles. The number of rotatable bonds is 5. The molecule has 5 rings (SSSR count). The fraction of sp³-hybridized carbons (Fsp3) is 0.696. The van der Waals surface area contributed by atoms with Gasteiger partial charge in [0.05, 0.1) is 31.5 Å². The Labute approximate surface area is 201 Å². The zero-order valence-electron chi connectivity index (χ0n) is 19.6. The fourth-order valence-electron chi connectivity index (χ4n) is 5.28. The van der Waals surface area contributed by atoms with Gasteiger partial charge in [-0.1, -0.05) is 12.2 Å². The molecule has 0 bridgehead atoms. The highest BCUT2D eigenvalue weighted by Crippen LogP contribution is 2.40. The lowest BCUT2D eigenvalue weighted by Crippen LogP contribution is -2.62. The van der Waals surface area contributed by atoms with Crippen molar-refractivity contribution < 1.29 is 27.4 Å². The first-order chi connectivity index (χ1) is 16.8. The Morgan fingerprint density at radius 2 is 2.20 bits per heavy atom. The van der Waals surface area contributed by atoms with E-state index in [4.69, 9.17) is 9.47 Å². The summed E-state index contributed by atoms with van der Waals surface area (Å²) in [5.41, 5.74) is 3.46. The Hall–Kier alpha value is -2.28. The van der Waals surface area contributed by atoms with Crippen LogP contribution >= 0.6 is 0 Å². The van der Waals surface area contributed by atoms with Gasteiger partial charge in [0.25, 0.3) is 0 Å². The van der Waals surface area contributed by atoms with Crippen molar-refractivity contribution in [2.24, 2.45) is 15.9 Å². The van der Waals surface area contributed by atoms with Crippen LogP contribution in [0.3, 0.4) is 0 Å². The minimum absolute atomic E-state index is 0.0374. The highest BCUT2D eigenvalue weighted by molar-refractivity contribution is 6.03. The number of alkyl halides is 3. The number of ether oxygens (including phenoxy) is 2. The third-order valence-corrected chi connectivity index (χ3v) is 7.02.